The largest absolute Gasteiger partial charge is 0.354 e. The van der Waals surface area contributed by atoms with E-state index < -0.39 is 23.3 Å². The number of hydrogen-bond acceptors (Lipinski definition) is 8. The molecule has 0 aliphatic carbocycles. The predicted octanol–water partition coefficient (Wildman–Crippen LogP) is 0.277. The Hall–Kier alpha value is -3.52. The fourth-order valence-electron chi connectivity index (χ4n) is 5.09. The number of carbonyl (C=O) groups excluding carboxylic acids is 3. The van der Waals surface area contributed by atoms with Crippen LogP contribution in [0.25, 0.3) is 5.69 Å². The minimum absolute atomic E-state index is 0. The number of anilines is 1. The lowest BCUT2D eigenvalue weighted by molar-refractivity contribution is -0.137. The maximum Gasteiger partial charge on any atom is 0.354 e. The molecule has 0 radical (unpaired) electrons. The molecule has 230 valence electrons. The number of nitrogens with two attached hydrogens (primary N) is 3. The van der Waals surface area contributed by atoms with Gasteiger partial charge >= 0.3 is 11.7 Å². The Kier molecular flexibility index (Phi) is 11.1. The first kappa shape index (κ1) is 33.0. The first-order valence-corrected chi connectivity index (χ1v) is 14.1. The van der Waals surface area contributed by atoms with E-state index in [-0.39, 0.29) is 36.1 Å². The first-order valence-electron chi connectivity index (χ1n) is 14.1. The molecule has 2 aliphatic rings. The van der Waals surface area contributed by atoms with Gasteiger partial charge in [-0.2, -0.15) is 4.98 Å². The highest BCUT2D eigenvalue weighted by atomic mass is 35.5. The van der Waals surface area contributed by atoms with E-state index in [0.717, 1.165) is 24.8 Å². The second-order valence-electron chi connectivity index (χ2n) is 11.4. The van der Waals surface area contributed by atoms with Crippen molar-refractivity contribution in [2.75, 3.05) is 44.6 Å². The van der Waals surface area contributed by atoms with Crippen molar-refractivity contribution in [1.82, 2.24) is 24.3 Å². The molecule has 7 N–H and O–H groups in total. The lowest BCUT2D eigenvalue weighted by atomic mass is 10.0. The van der Waals surface area contributed by atoms with Crippen LogP contribution in [0.2, 0.25) is 0 Å². The van der Waals surface area contributed by atoms with E-state index in [0.29, 0.717) is 51.4 Å². The van der Waals surface area contributed by atoms with Gasteiger partial charge in [-0.05, 0) is 63.3 Å². The van der Waals surface area contributed by atoms with Crippen LogP contribution in [0.4, 0.5) is 10.6 Å². The number of carbonyl (C=O) groups is 3. The van der Waals surface area contributed by atoms with Crippen LogP contribution in [-0.2, 0) is 16.0 Å². The van der Waals surface area contributed by atoms with Crippen molar-refractivity contribution >= 4 is 36.1 Å². The number of nitrogens with zero attached hydrogens (tertiary/aromatic N) is 5. The second-order valence-corrected chi connectivity index (χ2v) is 11.4. The Labute approximate surface area is 251 Å². The van der Waals surface area contributed by atoms with Crippen molar-refractivity contribution in [2.45, 2.75) is 57.2 Å². The Bertz CT molecular complexity index is 1300. The molecule has 2 aliphatic heterocycles. The van der Waals surface area contributed by atoms with Crippen molar-refractivity contribution in [2.24, 2.45) is 17.2 Å². The molecule has 1 aromatic carbocycles. The fraction of sp³-hybridized carbons (Fsp3) is 0.536. The third-order valence-corrected chi connectivity index (χ3v) is 7.52. The zero-order valence-electron chi connectivity index (χ0n) is 24.2. The van der Waals surface area contributed by atoms with Gasteiger partial charge in [0, 0.05) is 51.5 Å². The van der Waals surface area contributed by atoms with Crippen molar-refractivity contribution in [3.05, 3.63) is 52.6 Å². The zero-order valence-corrected chi connectivity index (χ0v) is 25.0. The number of amides is 4. The van der Waals surface area contributed by atoms with Gasteiger partial charge in [-0.25, -0.2) is 9.59 Å². The number of benzene rings is 1. The van der Waals surface area contributed by atoms with E-state index in [1.807, 2.05) is 12.1 Å². The molecule has 2 saturated heterocycles. The Balaban J connectivity index is 0.00000484. The summed E-state index contributed by atoms with van der Waals surface area (Å²) in [5, 5.41) is 2.66. The molecule has 2 atom stereocenters. The smallest absolute Gasteiger partial charge is 0.341 e. The number of nitrogens with one attached hydrogen (secondary N) is 1. The highest BCUT2D eigenvalue weighted by molar-refractivity contribution is 5.89. The Morgan fingerprint density at radius 2 is 1.62 bits per heavy atom. The number of piperazine rings is 1. The standard InChI is InChI=1S/C28H41N9O4.ClH/c1-28(2,31)25(39)35-14-16-36(17-15-35)26(40)32-23-10-13-37(27(41)33-23)21-7-5-19(6-8-21)18-22(30)24(38)34-11-3-4-20(29)9-12-34;/h5-8,10,13,20,22H,3-4,9,11-12,14-18,29-31H2,1-2H3,(H,32,33,40,41);1H/t20?,22-;/m1./s1. The summed E-state index contributed by atoms with van der Waals surface area (Å²) in [5.74, 6) is -0.102. The lowest BCUT2D eigenvalue weighted by Crippen LogP contribution is -2.58. The number of rotatable bonds is 6. The van der Waals surface area contributed by atoms with E-state index >= 15 is 0 Å². The highest BCUT2D eigenvalue weighted by Crippen LogP contribution is 2.15. The molecule has 0 saturated carbocycles. The SMILES string of the molecule is CC(C)(N)C(=O)N1CCN(C(=O)Nc2ccn(-c3ccc(C[C@@H](N)C(=O)N4CCCC(N)CC4)cc3)c(=O)n2)CC1.Cl. The molecule has 1 aromatic heterocycles. The van der Waals surface area contributed by atoms with Crippen molar-refractivity contribution in [3.8, 4) is 5.69 Å². The van der Waals surface area contributed by atoms with Crippen molar-refractivity contribution in [3.63, 3.8) is 0 Å². The third kappa shape index (κ3) is 8.28. The average molecular weight is 604 g/mol. The molecule has 0 spiro atoms. The van der Waals surface area contributed by atoms with Gasteiger partial charge in [0.15, 0.2) is 0 Å². The lowest BCUT2D eigenvalue weighted by Gasteiger charge is -2.37. The summed E-state index contributed by atoms with van der Waals surface area (Å²) in [4.78, 5) is 59.7. The van der Waals surface area contributed by atoms with Crippen LogP contribution in [0.1, 0.15) is 38.7 Å². The van der Waals surface area contributed by atoms with Crippen LogP contribution in [0.3, 0.4) is 0 Å². The summed E-state index contributed by atoms with van der Waals surface area (Å²) in [6, 6.07) is 7.82. The van der Waals surface area contributed by atoms with Crippen LogP contribution in [-0.4, -0.2) is 99.0 Å². The molecule has 1 unspecified atom stereocenters. The highest BCUT2D eigenvalue weighted by Gasteiger charge is 2.31. The van der Waals surface area contributed by atoms with Gasteiger partial charge in [0.2, 0.25) is 11.8 Å². The summed E-state index contributed by atoms with van der Waals surface area (Å²) in [6.07, 6.45) is 4.50. The molecule has 13 nitrogen and oxygen atoms in total. The summed E-state index contributed by atoms with van der Waals surface area (Å²) in [7, 11) is 0. The van der Waals surface area contributed by atoms with Crippen LogP contribution in [0, 0.1) is 0 Å². The van der Waals surface area contributed by atoms with E-state index in [9.17, 15) is 19.2 Å². The normalized spacial score (nSPS) is 18.5. The summed E-state index contributed by atoms with van der Waals surface area (Å²) >= 11 is 0. The molecule has 4 amide bonds. The summed E-state index contributed by atoms with van der Waals surface area (Å²) in [5.41, 5.74) is 18.1. The number of halogens is 1. The maximum atomic E-state index is 12.8. The average Bonchev–Trinajstić information content (AvgIpc) is 3.16. The first-order chi connectivity index (χ1) is 19.4. The van der Waals surface area contributed by atoms with Crippen molar-refractivity contribution < 1.29 is 14.4 Å². The van der Waals surface area contributed by atoms with Crippen LogP contribution in [0.5, 0.6) is 0 Å². The Morgan fingerprint density at radius 1 is 0.976 bits per heavy atom. The monoisotopic (exact) mass is 603 g/mol. The molecule has 4 rings (SSSR count). The molecular weight excluding hydrogens is 562 g/mol. The number of likely N-dealkylation sites (tertiary alicyclic amines) is 1. The zero-order chi connectivity index (χ0) is 29.7. The molecule has 3 heterocycles. The van der Waals surface area contributed by atoms with Crippen LogP contribution >= 0.6 is 12.4 Å². The van der Waals surface area contributed by atoms with E-state index in [2.05, 4.69) is 10.3 Å². The molecule has 42 heavy (non-hydrogen) atoms. The minimum Gasteiger partial charge on any atom is -0.341 e. The number of aromatic nitrogens is 2. The second kappa shape index (κ2) is 14.1. The molecule has 0 bridgehead atoms. The minimum atomic E-state index is -0.966. The number of urea groups is 1. The predicted molar refractivity (Wildman–Crippen MR) is 163 cm³/mol. The van der Waals surface area contributed by atoms with Crippen LogP contribution < -0.4 is 28.2 Å². The topological polar surface area (TPSA) is 186 Å². The van der Waals surface area contributed by atoms with E-state index in [1.165, 1.54) is 4.57 Å². The van der Waals surface area contributed by atoms with Gasteiger partial charge in [0.1, 0.15) is 5.82 Å². The molecule has 14 heteroatoms. The third-order valence-electron chi connectivity index (χ3n) is 7.52. The van der Waals surface area contributed by atoms with Crippen LogP contribution in [0.15, 0.2) is 41.3 Å². The number of hydrogen-bond donors (Lipinski definition) is 4. The fourth-order valence-corrected chi connectivity index (χ4v) is 5.09. The molecule has 2 fully saturated rings. The maximum absolute atomic E-state index is 12.8. The van der Waals surface area contributed by atoms with Gasteiger partial charge in [0.25, 0.3) is 0 Å². The van der Waals surface area contributed by atoms with E-state index in [1.54, 1.807) is 52.9 Å². The van der Waals surface area contributed by atoms with Gasteiger partial charge < -0.3 is 31.9 Å². The summed E-state index contributed by atoms with van der Waals surface area (Å²) < 4.78 is 1.37. The summed E-state index contributed by atoms with van der Waals surface area (Å²) in [6.45, 7) is 6.07. The van der Waals surface area contributed by atoms with Crippen molar-refractivity contribution in [1.29, 1.82) is 0 Å². The molecule has 2 aromatic rings. The van der Waals surface area contributed by atoms with Gasteiger partial charge in [0.05, 0.1) is 17.3 Å². The van der Waals surface area contributed by atoms with Gasteiger partial charge in [-0.15, -0.1) is 12.4 Å². The van der Waals surface area contributed by atoms with E-state index in [4.69, 9.17) is 17.2 Å². The van der Waals surface area contributed by atoms with Gasteiger partial charge in [-0.1, -0.05) is 12.1 Å². The van der Waals surface area contributed by atoms with Gasteiger partial charge in [-0.3, -0.25) is 19.5 Å². The Morgan fingerprint density at radius 3 is 2.24 bits per heavy atom. The molecular formula is C28H42ClN9O4. The quantitative estimate of drug-likeness (QED) is 0.362.